The van der Waals surface area contributed by atoms with E-state index in [1.807, 2.05) is 18.2 Å². The molecular weight excluding hydrogens is 321 g/mol. The quantitative estimate of drug-likeness (QED) is 0.457. The molecule has 0 aliphatic heterocycles. The normalized spacial score (nSPS) is 10.3. The standard InChI is InChI=1S/C20H14FNO3/c21-17-8-10-18(11-9-17)25-19-3-1-2-16(12-19)14-4-6-15(7-5-14)20(23)13-22-24/h1-12H,13H2. The first-order chi connectivity index (χ1) is 12.2. The molecule has 0 saturated carbocycles. The third kappa shape index (κ3) is 4.14. The highest BCUT2D eigenvalue weighted by Crippen LogP contribution is 2.27. The number of nitroso groups, excluding NO2 is 1. The van der Waals surface area contributed by atoms with Crippen LogP contribution in [0.1, 0.15) is 10.4 Å². The van der Waals surface area contributed by atoms with Gasteiger partial charge >= 0.3 is 0 Å². The van der Waals surface area contributed by atoms with Crippen molar-refractivity contribution in [2.24, 2.45) is 5.18 Å². The van der Waals surface area contributed by atoms with E-state index in [1.165, 1.54) is 12.1 Å². The number of carbonyl (C=O) groups excluding carboxylic acids is 1. The van der Waals surface area contributed by atoms with Crippen LogP contribution in [0, 0.1) is 10.7 Å². The first kappa shape index (κ1) is 16.5. The molecule has 4 nitrogen and oxygen atoms in total. The minimum atomic E-state index is -0.361. The Labute approximate surface area is 143 Å². The van der Waals surface area contributed by atoms with Crippen LogP contribution in [0.4, 0.5) is 4.39 Å². The average molecular weight is 335 g/mol. The zero-order chi connectivity index (χ0) is 17.6. The van der Waals surface area contributed by atoms with E-state index in [-0.39, 0.29) is 18.1 Å². The molecule has 0 N–H and O–H groups in total. The number of Topliss-reactive ketones (excluding diaryl/α,β-unsaturated/α-hetero) is 1. The Morgan fingerprint density at radius 2 is 1.60 bits per heavy atom. The highest BCUT2D eigenvalue weighted by Gasteiger charge is 2.07. The van der Waals surface area contributed by atoms with Crippen LogP contribution >= 0.6 is 0 Å². The molecule has 25 heavy (non-hydrogen) atoms. The number of hydrogen-bond acceptors (Lipinski definition) is 4. The Balaban J connectivity index is 1.80. The molecule has 0 spiro atoms. The van der Waals surface area contributed by atoms with E-state index in [4.69, 9.17) is 4.74 Å². The van der Waals surface area contributed by atoms with Crippen LogP contribution in [0.3, 0.4) is 0 Å². The summed E-state index contributed by atoms with van der Waals surface area (Å²) in [6.07, 6.45) is 0. The van der Waals surface area contributed by atoms with Gasteiger partial charge in [-0.15, -0.1) is 0 Å². The predicted octanol–water partition coefficient (Wildman–Crippen LogP) is 5.23. The third-order valence-electron chi connectivity index (χ3n) is 3.63. The second-order valence-electron chi connectivity index (χ2n) is 5.37. The summed E-state index contributed by atoms with van der Waals surface area (Å²) in [6, 6.07) is 20.1. The summed E-state index contributed by atoms with van der Waals surface area (Å²) >= 11 is 0. The van der Waals surface area contributed by atoms with Crippen molar-refractivity contribution in [3.63, 3.8) is 0 Å². The maximum Gasteiger partial charge on any atom is 0.187 e. The fourth-order valence-corrected chi connectivity index (χ4v) is 2.38. The zero-order valence-corrected chi connectivity index (χ0v) is 13.2. The molecule has 0 aromatic heterocycles. The van der Waals surface area contributed by atoms with Crippen molar-refractivity contribution in [3.8, 4) is 22.6 Å². The van der Waals surface area contributed by atoms with Gasteiger partial charge in [-0.25, -0.2) is 4.39 Å². The number of carbonyl (C=O) groups is 1. The molecule has 0 aliphatic rings. The SMILES string of the molecule is O=NCC(=O)c1ccc(-c2cccc(Oc3ccc(F)cc3)c2)cc1. The largest absolute Gasteiger partial charge is 0.457 e. The van der Waals surface area contributed by atoms with E-state index in [9.17, 15) is 14.1 Å². The minimum Gasteiger partial charge on any atom is -0.457 e. The first-order valence-electron chi connectivity index (χ1n) is 7.62. The summed E-state index contributed by atoms with van der Waals surface area (Å²) in [4.78, 5) is 21.8. The van der Waals surface area contributed by atoms with Crippen LogP contribution < -0.4 is 4.74 Å². The van der Waals surface area contributed by atoms with E-state index >= 15 is 0 Å². The molecule has 0 fully saturated rings. The molecule has 0 bridgehead atoms. The second kappa shape index (κ2) is 7.49. The summed E-state index contributed by atoms with van der Waals surface area (Å²) in [7, 11) is 0. The topological polar surface area (TPSA) is 55.7 Å². The number of hydrogen-bond donors (Lipinski definition) is 0. The smallest absolute Gasteiger partial charge is 0.187 e. The van der Waals surface area contributed by atoms with Crippen LogP contribution in [0.2, 0.25) is 0 Å². The van der Waals surface area contributed by atoms with Gasteiger partial charge in [-0.05, 0) is 47.5 Å². The van der Waals surface area contributed by atoms with Gasteiger partial charge in [0.05, 0.1) is 0 Å². The van der Waals surface area contributed by atoms with Gasteiger partial charge in [-0.2, -0.15) is 4.91 Å². The van der Waals surface area contributed by atoms with Crippen LogP contribution in [0.15, 0.2) is 78.0 Å². The second-order valence-corrected chi connectivity index (χ2v) is 5.37. The van der Waals surface area contributed by atoms with E-state index in [1.54, 1.807) is 42.5 Å². The van der Waals surface area contributed by atoms with Crippen molar-refractivity contribution in [2.45, 2.75) is 0 Å². The highest BCUT2D eigenvalue weighted by molar-refractivity contribution is 5.98. The lowest BCUT2D eigenvalue weighted by Crippen LogP contribution is -2.02. The molecule has 0 unspecified atom stereocenters. The number of ketones is 1. The molecule has 3 aromatic carbocycles. The predicted molar refractivity (Wildman–Crippen MR) is 93.3 cm³/mol. The fraction of sp³-hybridized carbons (Fsp3) is 0.0500. The van der Waals surface area contributed by atoms with E-state index in [2.05, 4.69) is 5.18 Å². The van der Waals surface area contributed by atoms with Gasteiger partial charge in [0.2, 0.25) is 0 Å². The van der Waals surface area contributed by atoms with Gasteiger partial charge in [-0.1, -0.05) is 41.6 Å². The molecule has 0 radical (unpaired) electrons. The van der Waals surface area contributed by atoms with Crippen molar-refractivity contribution in [2.75, 3.05) is 6.54 Å². The maximum absolute atomic E-state index is 12.9. The van der Waals surface area contributed by atoms with E-state index in [0.717, 1.165) is 11.1 Å². The number of benzene rings is 3. The van der Waals surface area contributed by atoms with Crippen LogP contribution in [-0.4, -0.2) is 12.3 Å². The highest BCUT2D eigenvalue weighted by atomic mass is 19.1. The van der Waals surface area contributed by atoms with Crippen molar-refractivity contribution in [1.82, 2.24) is 0 Å². The van der Waals surface area contributed by atoms with Crippen LogP contribution in [0.5, 0.6) is 11.5 Å². The lowest BCUT2D eigenvalue weighted by Gasteiger charge is -2.08. The monoisotopic (exact) mass is 335 g/mol. The maximum atomic E-state index is 12.9. The lowest BCUT2D eigenvalue weighted by atomic mass is 10.0. The van der Waals surface area contributed by atoms with Gasteiger partial charge in [0.25, 0.3) is 0 Å². The summed E-state index contributed by atoms with van der Waals surface area (Å²) in [6.45, 7) is -0.361. The van der Waals surface area contributed by atoms with Gasteiger partial charge in [0.15, 0.2) is 5.78 Å². The van der Waals surface area contributed by atoms with Gasteiger partial charge in [0.1, 0.15) is 23.9 Å². The summed E-state index contributed by atoms with van der Waals surface area (Å²) < 4.78 is 18.7. The van der Waals surface area contributed by atoms with Gasteiger partial charge < -0.3 is 4.74 Å². The molecule has 0 amide bonds. The van der Waals surface area contributed by atoms with Gasteiger partial charge in [0, 0.05) is 5.56 Å². The van der Waals surface area contributed by atoms with Crippen molar-refractivity contribution >= 4 is 5.78 Å². The zero-order valence-electron chi connectivity index (χ0n) is 13.2. The lowest BCUT2D eigenvalue weighted by molar-refractivity contribution is 0.100. The third-order valence-corrected chi connectivity index (χ3v) is 3.63. The molecule has 0 heterocycles. The molecule has 124 valence electrons. The molecule has 0 saturated heterocycles. The number of halogens is 1. The molecule has 3 rings (SSSR count). The Morgan fingerprint density at radius 1 is 0.880 bits per heavy atom. The van der Waals surface area contributed by atoms with E-state index < -0.39 is 0 Å². The number of rotatable bonds is 6. The summed E-state index contributed by atoms with van der Waals surface area (Å²) in [5.41, 5.74) is 2.26. The molecule has 5 heteroatoms. The molecule has 3 aromatic rings. The van der Waals surface area contributed by atoms with Crippen molar-refractivity contribution < 1.29 is 13.9 Å². The summed E-state index contributed by atoms with van der Waals surface area (Å²) in [5, 5.41) is 2.61. The fourth-order valence-electron chi connectivity index (χ4n) is 2.38. The van der Waals surface area contributed by atoms with Gasteiger partial charge in [-0.3, -0.25) is 4.79 Å². The number of nitrogens with zero attached hydrogens (tertiary/aromatic N) is 1. The Morgan fingerprint density at radius 3 is 2.28 bits per heavy atom. The van der Waals surface area contributed by atoms with Crippen LogP contribution in [0.25, 0.3) is 11.1 Å². The van der Waals surface area contributed by atoms with Crippen molar-refractivity contribution in [1.29, 1.82) is 0 Å². The molecule has 0 aliphatic carbocycles. The molecule has 0 atom stereocenters. The minimum absolute atomic E-state index is 0.310. The summed E-state index contributed by atoms with van der Waals surface area (Å²) in [5.74, 6) is 0.533. The Hall–Kier alpha value is -3.34. The number of ether oxygens (including phenoxy) is 1. The Bertz CT molecular complexity index is 890. The van der Waals surface area contributed by atoms with E-state index in [0.29, 0.717) is 17.1 Å². The molecular formula is C20H14FNO3. The van der Waals surface area contributed by atoms with Crippen molar-refractivity contribution in [3.05, 3.63) is 89.1 Å². The van der Waals surface area contributed by atoms with Crippen LogP contribution in [-0.2, 0) is 0 Å². The average Bonchev–Trinajstić information content (AvgIpc) is 2.64. The Kier molecular flexibility index (Phi) is 4.95. The first-order valence-corrected chi connectivity index (χ1v) is 7.62.